The molecule has 3 heterocycles. The number of pyridine rings is 1. The van der Waals surface area contributed by atoms with Gasteiger partial charge in [-0.1, -0.05) is 19.9 Å². The topological polar surface area (TPSA) is 81.3 Å². The normalized spacial score (nSPS) is 11.4. The lowest BCUT2D eigenvalue weighted by Crippen LogP contribution is -2.26. The first-order valence-corrected chi connectivity index (χ1v) is 9.73. The third kappa shape index (κ3) is 3.89. The molecule has 0 atom stereocenters. The Morgan fingerprint density at radius 1 is 1.21 bits per heavy atom. The number of nitrogens with zero attached hydrogens (tertiary/aromatic N) is 4. The molecule has 0 saturated carbocycles. The van der Waals surface area contributed by atoms with Gasteiger partial charge in [0.05, 0.1) is 22.8 Å². The van der Waals surface area contributed by atoms with Crippen molar-refractivity contribution in [2.75, 3.05) is 6.54 Å². The molecule has 0 bridgehead atoms. The second-order valence-electron chi connectivity index (χ2n) is 7.40. The van der Waals surface area contributed by atoms with E-state index in [1.54, 1.807) is 30.9 Å². The van der Waals surface area contributed by atoms with Crippen molar-refractivity contribution in [3.8, 4) is 0 Å². The summed E-state index contributed by atoms with van der Waals surface area (Å²) in [5.41, 5.74) is 2.54. The highest BCUT2D eigenvalue weighted by Crippen LogP contribution is 2.19. The molecular weight excluding hydrogens is 366 g/mol. The van der Waals surface area contributed by atoms with Crippen LogP contribution in [0.1, 0.15) is 42.1 Å². The Bertz CT molecular complexity index is 1230. The van der Waals surface area contributed by atoms with Crippen LogP contribution >= 0.6 is 0 Å². The summed E-state index contributed by atoms with van der Waals surface area (Å²) in [4.78, 5) is 34.1. The van der Waals surface area contributed by atoms with Crippen LogP contribution in [0.4, 0.5) is 0 Å². The third-order valence-corrected chi connectivity index (χ3v) is 5.00. The number of hydrogen-bond donors (Lipinski definition) is 1. The van der Waals surface area contributed by atoms with Crippen molar-refractivity contribution in [1.29, 1.82) is 0 Å². The SMILES string of the molecule is CC(C)c1ccc2nc3ccc(C(=O)NCCCn4ccnc4)cn3c(=O)c2c1. The molecule has 4 rings (SSSR count). The molecular formula is C22H23N5O2. The minimum atomic E-state index is -0.208. The zero-order chi connectivity index (χ0) is 20.4. The quantitative estimate of drug-likeness (QED) is 0.406. The van der Waals surface area contributed by atoms with Gasteiger partial charge in [-0.25, -0.2) is 9.97 Å². The van der Waals surface area contributed by atoms with E-state index < -0.39 is 0 Å². The van der Waals surface area contributed by atoms with Gasteiger partial charge < -0.3 is 9.88 Å². The molecule has 7 nitrogen and oxygen atoms in total. The fraction of sp³-hybridized carbons (Fsp3) is 0.273. The predicted molar refractivity (Wildman–Crippen MR) is 112 cm³/mol. The highest BCUT2D eigenvalue weighted by Gasteiger charge is 2.11. The maximum absolute atomic E-state index is 13.0. The zero-order valence-electron chi connectivity index (χ0n) is 16.5. The van der Waals surface area contributed by atoms with Crippen LogP contribution in [0.3, 0.4) is 0 Å². The summed E-state index contributed by atoms with van der Waals surface area (Å²) in [6, 6.07) is 9.18. The van der Waals surface area contributed by atoms with E-state index in [1.165, 1.54) is 4.40 Å². The van der Waals surface area contributed by atoms with Crippen LogP contribution in [0.15, 0.2) is 60.0 Å². The largest absolute Gasteiger partial charge is 0.352 e. The molecule has 0 aliphatic rings. The average Bonchev–Trinajstić information content (AvgIpc) is 3.24. The molecule has 0 fully saturated rings. The van der Waals surface area contributed by atoms with E-state index in [4.69, 9.17) is 0 Å². The van der Waals surface area contributed by atoms with Crippen molar-refractivity contribution >= 4 is 22.5 Å². The summed E-state index contributed by atoms with van der Waals surface area (Å²) >= 11 is 0. The number of imidazole rings is 1. The lowest BCUT2D eigenvalue weighted by atomic mass is 10.0. The highest BCUT2D eigenvalue weighted by molar-refractivity contribution is 5.94. The molecule has 1 N–H and O–H groups in total. The molecule has 148 valence electrons. The Kier molecular flexibility index (Phi) is 5.12. The Balaban J connectivity index is 1.57. The summed E-state index contributed by atoms with van der Waals surface area (Å²) in [6.45, 7) is 5.49. The van der Waals surface area contributed by atoms with Gasteiger partial charge in [-0.15, -0.1) is 0 Å². The van der Waals surface area contributed by atoms with E-state index in [0.717, 1.165) is 18.5 Å². The first kappa shape index (κ1) is 18.9. The highest BCUT2D eigenvalue weighted by atomic mass is 16.1. The van der Waals surface area contributed by atoms with Gasteiger partial charge in [-0.3, -0.25) is 14.0 Å². The van der Waals surface area contributed by atoms with Crippen LogP contribution in [0.25, 0.3) is 16.6 Å². The van der Waals surface area contributed by atoms with Crippen molar-refractivity contribution < 1.29 is 4.79 Å². The number of hydrogen-bond acceptors (Lipinski definition) is 4. The van der Waals surface area contributed by atoms with Gasteiger partial charge in [0.1, 0.15) is 5.65 Å². The Labute approximate surface area is 168 Å². The molecule has 4 aromatic rings. The Morgan fingerprint density at radius 3 is 2.83 bits per heavy atom. The van der Waals surface area contributed by atoms with E-state index in [1.807, 2.05) is 29.0 Å². The van der Waals surface area contributed by atoms with Gasteiger partial charge >= 0.3 is 0 Å². The van der Waals surface area contributed by atoms with Gasteiger partial charge in [0.2, 0.25) is 0 Å². The fourth-order valence-electron chi connectivity index (χ4n) is 3.30. The fourth-order valence-corrected chi connectivity index (χ4v) is 3.30. The molecule has 0 radical (unpaired) electrons. The summed E-state index contributed by atoms with van der Waals surface area (Å²) in [7, 11) is 0. The summed E-state index contributed by atoms with van der Waals surface area (Å²) in [5.74, 6) is 0.111. The van der Waals surface area contributed by atoms with Gasteiger partial charge in [-0.2, -0.15) is 0 Å². The van der Waals surface area contributed by atoms with Gasteiger partial charge in [0.15, 0.2) is 0 Å². The molecule has 0 aliphatic heterocycles. The lowest BCUT2D eigenvalue weighted by Gasteiger charge is -2.09. The van der Waals surface area contributed by atoms with E-state index in [2.05, 4.69) is 29.1 Å². The molecule has 0 saturated heterocycles. The summed E-state index contributed by atoms with van der Waals surface area (Å²) in [5, 5.41) is 3.46. The number of benzene rings is 1. The lowest BCUT2D eigenvalue weighted by molar-refractivity contribution is 0.0952. The standard InChI is InChI=1S/C22H23N5O2/c1-15(2)16-4-6-19-18(12-16)22(29)27-13-17(5-7-20(27)25-19)21(28)24-8-3-10-26-11-9-23-14-26/h4-7,9,11-15H,3,8,10H2,1-2H3,(H,24,28). The molecule has 3 aromatic heterocycles. The Hall–Kier alpha value is -3.48. The van der Waals surface area contributed by atoms with Crippen LogP contribution in [0.2, 0.25) is 0 Å². The zero-order valence-corrected chi connectivity index (χ0v) is 16.5. The smallest absolute Gasteiger partial charge is 0.265 e. The van der Waals surface area contributed by atoms with Crippen LogP contribution in [-0.2, 0) is 6.54 Å². The van der Waals surface area contributed by atoms with E-state index in [-0.39, 0.29) is 11.5 Å². The van der Waals surface area contributed by atoms with E-state index in [0.29, 0.717) is 34.6 Å². The van der Waals surface area contributed by atoms with E-state index in [9.17, 15) is 9.59 Å². The molecule has 0 unspecified atom stereocenters. The van der Waals surface area contributed by atoms with Crippen LogP contribution in [-0.4, -0.2) is 31.4 Å². The molecule has 29 heavy (non-hydrogen) atoms. The second kappa shape index (κ2) is 7.87. The van der Waals surface area contributed by atoms with Gasteiger partial charge in [0, 0.05) is 31.7 Å². The first-order valence-electron chi connectivity index (χ1n) is 9.73. The second-order valence-corrected chi connectivity index (χ2v) is 7.40. The van der Waals surface area contributed by atoms with Crippen molar-refractivity contribution in [3.63, 3.8) is 0 Å². The van der Waals surface area contributed by atoms with E-state index >= 15 is 0 Å². The maximum atomic E-state index is 13.0. The number of carbonyl (C=O) groups excluding carboxylic acids is 1. The first-order chi connectivity index (χ1) is 14.0. The Morgan fingerprint density at radius 2 is 2.07 bits per heavy atom. The molecule has 1 amide bonds. The van der Waals surface area contributed by atoms with Gasteiger partial charge in [-0.05, 0) is 42.2 Å². The van der Waals surface area contributed by atoms with Crippen LogP contribution in [0.5, 0.6) is 0 Å². The summed E-state index contributed by atoms with van der Waals surface area (Å²) in [6.07, 6.45) is 7.73. The molecule has 7 heteroatoms. The number of aryl methyl sites for hydroxylation is 1. The molecule has 1 aromatic carbocycles. The third-order valence-electron chi connectivity index (χ3n) is 5.00. The van der Waals surface area contributed by atoms with Crippen molar-refractivity contribution in [2.24, 2.45) is 0 Å². The monoisotopic (exact) mass is 389 g/mol. The number of aromatic nitrogens is 4. The maximum Gasteiger partial charge on any atom is 0.265 e. The minimum Gasteiger partial charge on any atom is -0.352 e. The number of fused-ring (bicyclic) bond motifs is 2. The van der Waals surface area contributed by atoms with Crippen LogP contribution < -0.4 is 10.9 Å². The van der Waals surface area contributed by atoms with Crippen molar-refractivity contribution in [2.45, 2.75) is 32.7 Å². The predicted octanol–water partition coefficient (Wildman–Crippen LogP) is 2.99. The number of rotatable bonds is 6. The minimum absolute atomic E-state index is 0.165. The van der Waals surface area contributed by atoms with Crippen molar-refractivity contribution in [1.82, 2.24) is 24.3 Å². The number of carbonyl (C=O) groups is 1. The number of amides is 1. The van der Waals surface area contributed by atoms with Gasteiger partial charge in [0.25, 0.3) is 11.5 Å². The van der Waals surface area contributed by atoms with Crippen molar-refractivity contribution in [3.05, 3.63) is 76.7 Å². The van der Waals surface area contributed by atoms with Crippen LogP contribution in [0, 0.1) is 0 Å². The molecule has 0 aliphatic carbocycles. The summed E-state index contributed by atoms with van der Waals surface area (Å²) < 4.78 is 3.41. The molecule has 0 spiro atoms. The number of nitrogens with one attached hydrogen (secondary N) is 1. The average molecular weight is 389 g/mol.